The lowest BCUT2D eigenvalue weighted by Gasteiger charge is -2.15. The van der Waals surface area contributed by atoms with Crippen molar-refractivity contribution < 1.29 is 32.2 Å². The normalized spacial score (nSPS) is 11.0. The van der Waals surface area contributed by atoms with Crippen LogP contribution in [0.25, 0.3) is 11.1 Å². The number of halogens is 1. The molecule has 3 aromatic carbocycles. The summed E-state index contributed by atoms with van der Waals surface area (Å²) in [5.41, 5.74) is 6.29. The van der Waals surface area contributed by atoms with Crippen LogP contribution in [0.5, 0.6) is 23.0 Å². The summed E-state index contributed by atoms with van der Waals surface area (Å²) in [4.78, 5) is 13.9. The van der Waals surface area contributed by atoms with Gasteiger partial charge in [0.25, 0.3) is 10.0 Å². The van der Waals surface area contributed by atoms with Crippen molar-refractivity contribution in [3.8, 4) is 40.2 Å². The molecule has 10 nitrogen and oxygen atoms in total. The number of anilines is 1. The van der Waals surface area contributed by atoms with Crippen LogP contribution in [0.3, 0.4) is 0 Å². The summed E-state index contributed by atoms with van der Waals surface area (Å²) >= 11 is 3.43. The van der Waals surface area contributed by atoms with Crippen molar-refractivity contribution in [2.45, 2.75) is 4.90 Å². The SMILES string of the molecule is COc1ccc(C(=O)c2c(-c3cc(Br)c(OC)c(OC)c3)c(C#N)c(N)n2S(=O)(=O)c2ccc(OC)cc2)cc1. The zero-order chi connectivity index (χ0) is 29.2. The van der Waals surface area contributed by atoms with Crippen LogP contribution in [-0.2, 0) is 10.0 Å². The van der Waals surface area contributed by atoms with Crippen molar-refractivity contribution in [3.63, 3.8) is 0 Å². The van der Waals surface area contributed by atoms with E-state index in [2.05, 4.69) is 15.9 Å². The Balaban J connectivity index is 2.11. The molecule has 2 N–H and O–H groups in total. The topological polar surface area (TPSA) is 143 Å². The fourth-order valence-electron chi connectivity index (χ4n) is 4.21. The summed E-state index contributed by atoms with van der Waals surface area (Å²) in [6.45, 7) is 0. The fourth-order valence-corrected chi connectivity index (χ4v) is 6.27. The summed E-state index contributed by atoms with van der Waals surface area (Å²) < 4.78 is 50.4. The van der Waals surface area contributed by atoms with Crippen LogP contribution >= 0.6 is 15.9 Å². The number of nitriles is 1. The quantitative estimate of drug-likeness (QED) is 0.257. The van der Waals surface area contributed by atoms with E-state index in [-0.39, 0.29) is 33.0 Å². The van der Waals surface area contributed by atoms with Gasteiger partial charge in [0.15, 0.2) is 11.5 Å². The van der Waals surface area contributed by atoms with E-state index >= 15 is 0 Å². The number of ketones is 1. The molecule has 40 heavy (non-hydrogen) atoms. The van der Waals surface area contributed by atoms with Crippen LogP contribution < -0.4 is 24.7 Å². The van der Waals surface area contributed by atoms with Gasteiger partial charge in [-0.15, -0.1) is 0 Å². The Morgan fingerprint density at radius 2 is 1.48 bits per heavy atom. The molecule has 206 valence electrons. The van der Waals surface area contributed by atoms with E-state index in [1.807, 2.05) is 6.07 Å². The molecule has 1 aromatic heterocycles. The van der Waals surface area contributed by atoms with E-state index < -0.39 is 21.6 Å². The van der Waals surface area contributed by atoms with Gasteiger partial charge in [-0.05, 0) is 82.2 Å². The van der Waals surface area contributed by atoms with E-state index in [0.717, 1.165) is 0 Å². The molecule has 1 heterocycles. The van der Waals surface area contributed by atoms with Gasteiger partial charge in [-0.1, -0.05) is 0 Å². The molecule has 0 saturated heterocycles. The number of ether oxygens (including phenoxy) is 4. The minimum atomic E-state index is -4.48. The molecule has 0 aliphatic rings. The van der Waals surface area contributed by atoms with E-state index in [1.165, 1.54) is 70.9 Å². The smallest absolute Gasteiger partial charge is 0.270 e. The molecule has 0 fully saturated rings. The number of methoxy groups -OCH3 is 4. The van der Waals surface area contributed by atoms with Crippen molar-refractivity contribution >= 4 is 37.6 Å². The first kappa shape index (κ1) is 28.5. The van der Waals surface area contributed by atoms with E-state index in [1.54, 1.807) is 18.2 Å². The van der Waals surface area contributed by atoms with Crippen molar-refractivity contribution in [3.05, 3.63) is 82.0 Å². The summed E-state index contributed by atoms with van der Waals surface area (Å²) in [5.74, 6) is 0.473. The van der Waals surface area contributed by atoms with Crippen LogP contribution in [-0.4, -0.2) is 46.6 Å². The third kappa shape index (κ3) is 4.85. The monoisotopic (exact) mass is 625 g/mol. The third-order valence-corrected chi connectivity index (χ3v) is 8.48. The average Bonchev–Trinajstić information content (AvgIpc) is 3.28. The summed E-state index contributed by atoms with van der Waals surface area (Å²) in [6, 6.07) is 16.8. The largest absolute Gasteiger partial charge is 0.497 e. The van der Waals surface area contributed by atoms with Crippen LogP contribution in [0, 0.1) is 11.3 Å². The zero-order valence-corrected chi connectivity index (χ0v) is 24.3. The Bertz CT molecular complexity index is 1740. The maximum absolute atomic E-state index is 14.1. The van der Waals surface area contributed by atoms with E-state index in [0.29, 0.717) is 31.3 Å². The standard InChI is InChI=1S/C28H24BrN3O7S/c1-36-18-7-5-16(6-8-18)26(33)25-24(17-13-22(29)27(39-4)23(14-17)38-3)21(15-30)28(31)32(25)40(34,35)20-11-9-19(37-2)10-12-20/h5-14H,31H2,1-4H3. The van der Waals surface area contributed by atoms with Gasteiger partial charge in [0, 0.05) is 11.1 Å². The molecule has 12 heteroatoms. The minimum Gasteiger partial charge on any atom is -0.497 e. The Labute approximate surface area is 239 Å². The van der Waals surface area contributed by atoms with Crippen molar-refractivity contribution in [1.82, 2.24) is 3.97 Å². The Hall–Kier alpha value is -4.47. The lowest BCUT2D eigenvalue weighted by atomic mass is 9.97. The Morgan fingerprint density at radius 3 is 1.98 bits per heavy atom. The highest BCUT2D eigenvalue weighted by atomic mass is 79.9. The van der Waals surface area contributed by atoms with Crippen molar-refractivity contribution in [2.24, 2.45) is 0 Å². The third-order valence-electron chi connectivity index (χ3n) is 6.16. The number of nitrogens with two attached hydrogens (primary N) is 1. The Morgan fingerprint density at radius 1 is 0.900 bits per heavy atom. The predicted octanol–water partition coefficient (Wildman–Crippen LogP) is 4.87. The maximum atomic E-state index is 14.1. The van der Waals surface area contributed by atoms with Crippen LogP contribution in [0.15, 0.2) is 70.0 Å². The van der Waals surface area contributed by atoms with Gasteiger partial charge < -0.3 is 24.7 Å². The minimum absolute atomic E-state index is 0.0135. The number of nitrogens with zero attached hydrogens (tertiary/aromatic N) is 2. The number of nitrogen functional groups attached to an aromatic ring is 1. The van der Waals surface area contributed by atoms with Gasteiger partial charge in [0.05, 0.1) is 37.8 Å². The average molecular weight is 626 g/mol. The van der Waals surface area contributed by atoms with Crippen LogP contribution in [0.2, 0.25) is 0 Å². The van der Waals surface area contributed by atoms with Gasteiger partial charge in [0.2, 0.25) is 5.78 Å². The number of hydrogen-bond acceptors (Lipinski definition) is 9. The number of hydrogen-bond donors (Lipinski definition) is 1. The number of rotatable bonds is 9. The first-order valence-corrected chi connectivity index (χ1v) is 13.8. The molecule has 0 bridgehead atoms. The van der Waals surface area contributed by atoms with Crippen LogP contribution in [0.1, 0.15) is 21.6 Å². The molecule has 0 amide bonds. The van der Waals surface area contributed by atoms with Gasteiger partial charge in [-0.3, -0.25) is 4.79 Å². The molecule has 0 spiro atoms. The number of carbonyl (C=O) groups excluding carboxylic acids is 1. The molecule has 0 aliphatic heterocycles. The first-order valence-electron chi connectivity index (χ1n) is 11.6. The molecular formula is C28H24BrN3O7S. The first-order chi connectivity index (χ1) is 19.1. The van der Waals surface area contributed by atoms with E-state index in [4.69, 9.17) is 24.7 Å². The van der Waals surface area contributed by atoms with Gasteiger partial charge >= 0.3 is 0 Å². The number of carbonyl (C=O) groups is 1. The lowest BCUT2D eigenvalue weighted by Crippen LogP contribution is -2.21. The summed E-state index contributed by atoms with van der Waals surface area (Å²) in [6.07, 6.45) is 0. The second-order valence-electron chi connectivity index (χ2n) is 8.29. The van der Waals surface area contributed by atoms with Gasteiger partial charge in [-0.25, -0.2) is 12.4 Å². The molecule has 0 unspecified atom stereocenters. The molecule has 0 atom stereocenters. The second kappa shape index (κ2) is 11.3. The molecule has 4 aromatic rings. The summed E-state index contributed by atoms with van der Waals surface area (Å²) in [7, 11) is 1.34. The predicted molar refractivity (Wildman–Crippen MR) is 152 cm³/mol. The van der Waals surface area contributed by atoms with E-state index in [9.17, 15) is 18.5 Å². The molecule has 0 aliphatic carbocycles. The maximum Gasteiger partial charge on any atom is 0.270 e. The second-order valence-corrected chi connectivity index (χ2v) is 10.9. The summed E-state index contributed by atoms with van der Waals surface area (Å²) in [5, 5.41) is 10.2. The number of benzene rings is 3. The molecule has 0 saturated carbocycles. The van der Waals surface area contributed by atoms with Crippen molar-refractivity contribution in [1.29, 1.82) is 5.26 Å². The highest BCUT2D eigenvalue weighted by Crippen LogP contribution is 2.44. The Kier molecular flexibility index (Phi) is 8.08. The van der Waals surface area contributed by atoms with Gasteiger partial charge in [-0.2, -0.15) is 5.26 Å². The van der Waals surface area contributed by atoms with Crippen LogP contribution in [0.4, 0.5) is 5.82 Å². The molecular weight excluding hydrogens is 602 g/mol. The lowest BCUT2D eigenvalue weighted by molar-refractivity contribution is 0.103. The fraction of sp³-hybridized carbons (Fsp3) is 0.143. The van der Waals surface area contributed by atoms with Crippen molar-refractivity contribution in [2.75, 3.05) is 34.2 Å². The number of aromatic nitrogens is 1. The highest BCUT2D eigenvalue weighted by molar-refractivity contribution is 9.10. The molecule has 4 rings (SSSR count). The molecule has 0 radical (unpaired) electrons. The highest BCUT2D eigenvalue weighted by Gasteiger charge is 2.35. The zero-order valence-electron chi connectivity index (χ0n) is 21.9. The van der Waals surface area contributed by atoms with Gasteiger partial charge in [0.1, 0.15) is 34.6 Å².